The van der Waals surface area contributed by atoms with Crippen molar-refractivity contribution in [3.63, 3.8) is 0 Å². The van der Waals surface area contributed by atoms with E-state index in [0.29, 0.717) is 5.92 Å². The van der Waals surface area contributed by atoms with Gasteiger partial charge in [0.25, 0.3) is 0 Å². The minimum absolute atomic E-state index is 0.490. The van der Waals surface area contributed by atoms with E-state index in [0.717, 1.165) is 17.3 Å². The van der Waals surface area contributed by atoms with Crippen molar-refractivity contribution in [3.8, 4) is 0 Å². The molecule has 0 radical (unpaired) electrons. The zero-order chi connectivity index (χ0) is 7.98. The maximum Gasteiger partial charge on any atom is -0.0115 e. The minimum atomic E-state index is 0.490. The van der Waals surface area contributed by atoms with Gasteiger partial charge in [-0.3, -0.25) is 0 Å². The van der Waals surface area contributed by atoms with Crippen molar-refractivity contribution in [2.45, 2.75) is 12.8 Å². The first kappa shape index (κ1) is 9.70. The Labute approximate surface area is 71.5 Å². The highest BCUT2D eigenvalue weighted by Gasteiger charge is 2.01. The largest absolute Gasteiger partial charge is 0.103 e. The lowest BCUT2D eigenvalue weighted by Gasteiger charge is -2.06. The molecule has 0 saturated heterocycles. The van der Waals surface area contributed by atoms with Crippen LogP contribution in [-0.2, 0) is 0 Å². The van der Waals surface area contributed by atoms with Crippen molar-refractivity contribution in [2.75, 3.05) is 0 Å². The molecule has 0 rings (SSSR count). The summed E-state index contributed by atoms with van der Waals surface area (Å²) >= 11 is 3.31. The summed E-state index contributed by atoms with van der Waals surface area (Å²) in [5, 5.41) is 0. The normalized spacial score (nSPS) is 12.1. The third-order valence-electron chi connectivity index (χ3n) is 1.29. The lowest BCUT2D eigenvalue weighted by molar-refractivity contribution is 0.674. The Balaban J connectivity index is 3.70. The molecule has 0 saturated carbocycles. The van der Waals surface area contributed by atoms with E-state index in [1.807, 2.05) is 12.2 Å². The van der Waals surface area contributed by atoms with Gasteiger partial charge in [-0.25, -0.2) is 0 Å². The molecule has 0 aromatic rings. The molecule has 10 heavy (non-hydrogen) atoms. The average Bonchev–Trinajstić information content (AvgIpc) is 1.86. The first-order valence-corrected chi connectivity index (χ1v) is 4.06. The van der Waals surface area contributed by atoms with Crippen molar-refractivity contribution in [1.29, 1.82) is 0 Å². The van der Waals surface area contributed by atoms with Crippen LogP contribution in [-0.4, -0.2) is 0 Å². The second-order valence-electron chi connectivity index (χ2n) is 2.24. The van der Waals surface area contributed by atoms with Crippen LogP contribution in [0.4, 0.5) is 0 Å². The predicted molar refractivity (Wildman–Crippen MR) is 51.2 cm³/mol. The average molecular weight is 201 g/mol. The molecule has 0 aromatic carbocycles. The van der Waals surface area contributed by atoms with E-state index in [1.165, 1.54) is 0 Å². The Hall–Kier alpha value is -0.300. The SMILES string of the molecule is C=CCC(C=C)CC(=C)Br. The molecular weight excluding hydrogens is 188 g/mol. The van der Waals surface area contributed by atoms with Crippen LogP contribution >= 0.6 is 15.9 Å². The molecule has 0 spiro atoms. The van der Waals surface area contributed by atoms with E-state index in [9.17, 15) is 0 Å². The third-order valence-corrected chi connectivity index (χ3v) is 1.61. The second kappa shape index (κ2) is 5.48. The molecule has 0 heterocycles. The summed E-state index contributed by atoms with van der Waals surface area (Å²) in [5.74, 6) is 0.490. The summed E-state index contributed by atoms with van der Waals surface area (Å²) < 4.78 is 1.03. The number of allylic oxidation sites excluding steroid dienone is 3. The van der Waals surface area contributed by atoms with Gasteiger partial charge in [0.1, 0.15) is 0 Å². The highest BCUT2D eigenvalue weighted by Crippen LogP contribution is 2.19. The van der Waals surface area contributed by atoms with E-state index < -0.39 is 0 Å². The molecule has 1 atom stereocenters. The van der Waals surface area contributed by atoms with Gasteiger partial charge in [0, 0.05) is 0 Å². The first-order chi connectivity index (χ1) is 4.70. The van der Waals surface area contributed by atoms with Crippen LogP contribution in [0.15, 0.2) is 36.4 Å². The summed E-state index contributed by atoms with van der Waals surface area (Å²) in [4.78, 5) is 0. The van der Waals surface area contributed by atoms with Crippen LogP contribution in [0.1, 0.15) is 12.8 Å². The molecule has 0 aliphatic carbocycles. The smallest absolute Gasteiger partial charge is 0.0115 e. The summed E-state index contributed by atoms with van der Waals surface area (Å²) in [6.07, 6.45) is 5.78. The van der Waals surface area contributed by atoms with Gasteiger partial charge in [-0.1, -0.05) is 34.7 Å². The van der Waals surface area contributed by atoms with Gasteiger partial charge in [0.2, 0.25) is 0 Å². The molecule has 0 aliphatic rings. The van der Waals surface area contributed by atoms with Crippen LogP contribution in [0, 0.1) is 5.92 Å². The number of rotatable bonds is 5. The van der Waals surface area contributed by atoms with Gasteiger partial charge in [-0.15, -0.1) is 13.2 Å². The van der Waals surface area contributed by atoms with Crippen molar-refractivity contribution < 1.29 is 0 Å². The Morgan fingerprint density at radius 3 is 2.40 bits per heavy atom. The van der Waals surface area contributed by atoms with E-state index in [4.69, 9.17) is 0 Å². The van der Waals surface area contributed by atoms with Gasteiger partial charge in [-0.2, -0.15) is 0 Å². The van der Waals surface area contributed by atoms with Crippen LogP contribution in [0.2, 0.25) is 0 Å². The summed E-state index contributed by atoms with van der Waals surface area (Å²) in [5.41, 5.74) is 0. The Kier molecular flexibility index (Phi) is 5.32. The van der Waals surface area contributed by atoms with Crippen molar-refractivity contribution in [2.24, 2.45) is 5.92 Å². The molecule has 0 bridgehead atoms. The fraction of sp³-hybridized carbons (Fsp3) is 0.333. The standard InChI is InChI=1S/C9H13Br/c1-4-6-9(5-2)7-8(3)10/h4-5,9H,1-3,6-7H2. The van der Waals surface area contributed by atoms with E-state index in [2.05, 4.69) is 35.7 Å². The predicted octanol–water partition coefficient (Wildman–Crippen LogP) is 3.66. The molecule has 56 valence electrons. The number of halogens is 1. The summed E-state index contributed by atoms with van der Waals surface area (Å²) in [6, 6.07) is 0. The van der Waals surface area contributed by atoms with E-state index in [1.54, 1.807) is 0 Å². The van der Waals surface area contributed by atoms with Crippen LogP contribution in [0.25, 0.3) is 0 Å². The van der Waals surface area contributed by atoms with Crippen LogP contribution in [0.5, 0.6) is 0 Å². The topological polar surface area (TPSA) is 0 Å². The lowest BCUT2D eigenvalue weighted by atomic mass is 10.0. The molecule has 0 nitrogen and oxygen atoms in total. The highest BCUT2D eigenvalue weighted by molar-refractivity contribution is 9.11. The molecule has 0 amide bonds. The molecule has 0 aliphatic heterocycles. The summed E-state index contributed by atoms with van der Waals surface area (Å²) in [6.45, 7) is 11.1. The first-order valence-electron chi connectivity index (χ1n) is 3.27. The second-order valence-corrected chi connectivity index (χ2v) is 3.36. The number of hydrogen-bond donors (Lipinski definition) is 0. The van der Waals surface area contributed by atoms with Crippen molar-refractivity contribution in [1.82, 2.24) is 0 Å². The zero-order valence-corrected chi connectivity index (χ0v) is 7.73. The van der Waals surface area contributed by atoms with E-state index in [-0.39, 0.29) is 0 Å². The molecule has 1 heteroatoms. The maximum absolute atomic E-state index is 3.76. The van der Waals surface area contributed by atoms with Gasteiger partial charge in [0.15, 0.2) is 0 Å². The van der Waals surface area contributed by atoms with E-state index >= 15 is 0 Å². The molecule has 0 aromatic heterocycles. The fourth-order valence-corrected chi connectivity index (χ4v) is 1.18. The van der Waals surface area contributed by atoms with Gasteiger partial charge >= 0.3 is 0 Å². The quantitative estimate of drug-likeness (QED) is 0.595. The molecular formula is C9H13Br. The maximum atomic E-state index is 3.76. The monoisotopic (exact) mass is 200 g/mol. The molecule has 0 fully saturated rings. The highest BCUT2D eigenvalue weighted by atomic mass is 79.9. The Bertz CT molecular complexity index is 136. The van der Waals surface area contributed by atoms with Crippen LogP contribution < -0.4 is 0 Å². The third kappa shape index (κ3) is 4.57. The van der Waals surface area contributed by atoms with Gasteiger partial charge in [-0.05, 0) is 23.2 Å². The van der Waals surface area contributed by atoms with Crippen molar-refractivity contribution in [3.05, 3.63) is 36.4 Å². The zero-order valence-electron chi connectivity index (χ0n) is 6.15. The summed E-state index contributed by atoms with van der Waals surface area (Å²) in [7, 11) is 0. The van der Waals surface area contributed by atoms with Gasteiger partial charge < -0.3 is 0 Å². The minimum Gasteiger partial charge on any atom is -0.103 e. The molecule has 0 N–H and O–H groups in total. The Morgan fingerprint density at radius 1 is 1.50 bits per heavy atom. The van der Waals surface area contributed by atoms with Crippen LogP contribution in [0.3, 0.4) is 0 Å². The van der Waals surface area contributed by atoms with Crippen molar-refractivity contribution >= 4 is 15.9 Å². The molecule has 1 unspecified atom stereocenters. The number of hydrogen-bond acceptors (Lipinski definition) is 0. The Morgan fingerprint density at radius 2 is 2.10 bits per heavy atom. The fourth-order valence-electron chi connectivity index (χ4n) is 0.761. The van der Waals surface area contributed by atoms with Gasteiger partial charge in [0.05, 0.1) is 0 Å². The lowest BCUT2D eigenvalue weighted by Crippen LogP contribution is -1.92.